The highest BCUT2D eigenvalue weighted by Gasteiger charge is 2.13. The molecular formula is C16H13ClFNS. The van der Waals surface area contributed by atoms with E-state index in [1.165, 1.54) is 16.2 Å². The van der Waals surface area contributed by atoms with E-state index in [0.717, 1.165) is 4.88 Å². The van der Waals surface area contributed by atoms with Crippen LogP contribution in [0.1, 0.15) is 17.8 Å². The van der Waals surface area contributed by atoms with Crippen molar-refractivity contribution in [1.29, 1.82) is 0 Å². The fourth-order valence-electron chi connectivity index (χ4n) is 2.14. The standard InChI is InChI=1S/C16H13ClFNS/c1-10(19-16-12(17)6-4-7-13(16)18)15-9-11-5-2-3-8-14(11)20-15/h2-10,19H,1H3. The Hall–Kier alpha value is -1.58. The molecule has 1 atom stereocenters. The first kappa shape index (κ1) is 13.4. The summed E-state index contributed by atoms with van der Waals surface area (Å²) in [5, 5.41) is 4.77. The van der Waals surface area contributed by atoms with Crippen LogP contribution < -0.4 is 5.32 Å². The Morgan fingerprint density at radius 3 is 2.70 bits per heavy atom. The first-order chi connectivity index (χ1) is 9.65. The first-order valence-corrected chi connectivity index (χ1v) is 7.53. The minimum Gasteiger partial charge on any atom is -0.374 e. The molecule has 0 amide bonds. The molecule has 0 aliphatic heterocycles. The van der Waals surface area contributed by atoms with Crippen LogP contribution in [-0.2, 0) is 0 Å². The molecule has 0 aliphatic carbocycles. The SMILES string of the molecule is CC(Nc1c(F)cccc1Cl)c1cc2ccccc2s1. The number of thiophene rings is 1. The van der Waals surface area contributed by atoms with Gasteiger partial charge in [-0.25, -0.2) is 4.39 Å². The second-order valence-electron chi connectivity index (χ2n) is 4.65. The predicted molar refractivity (Wildman–Crippen MR) is 85.3 cm³/mol. The molecule has 0 aliphatic rings. The third-order valence-electron chi connectivity index (χ3n) is 3.19. The summed E-state index contributed by atoms with van der Waals surface area (Å²) < 4.78 is 15.0. The summed E-state index contributed by atoms with van der Waals surface area (Å²) in [6.07, 6.45) is 0. The van der Waals surface area contributed by atoms with Crippen molar-refractivity contribution in [3.8, 4) is 0 Å². The van der Waals surface area contributed by atoms with Crippen molar-refractivity contribution < 1.29 is 4.39 Å². The lowest BCUT2D eigenvalue weighted by molar-refractivity contribution is 0.628. The summed E-state index contributed by atoms with van der Waals surface area (Å²) in [4.78, 5) is 1.16. The van der Waals surface area contributed by atoms with E-state index in [0.29, 0.717) is 10.7 Å². The molecule has 0 fully saturated rings. The largest absolute Gasteiger partial charge is 0.374 e. The van der Waals surface area contributed by atoms with Gasteiger partial charge in [0.1, 0.15) is 5.82 Å². The van der Waals surface area contributed by atoms with Gasteiger partial charge in [-0.2, -0.15) is 0 Å². The molecule has 1 N–H and O–H groups in total. The van der Waals surface area contributed by atoms with E-state index in [2.05, 4.69) is 23.5 Å². The topological polar surface area (TPSA) is 12.0 Å². The van der Waals surface area contributed by atoms with Crippen LogP contribution in [0.15, 0.2) is 48.5 Å². The van der Waals surface area contributed by atoms with E-state index < -0.39 is 0 Å². The molecule has 102 valence electrons. The summed E-state index contributed by atoms with van der Waals surface area (Å²) >= 11 is 7.75. The summed E-state index contributed by atoms with van der Waals surface area (Å²) in [5.41, 5.74) is 0.360. The lowest BCUT2D eigenvalue weighted by Gasteiger charge is -2.15. The quantitative estimate of drug-likeness (QED) is 0.638. The third-order valence-corrected chi connectivity index (χ3v) is 4.81. The molecule has 3 aromatic rings. The summed E-state index contributed by atoms with van der Waals surface area (Å²) in [6.45, 7) is 2.01. The van der Waals surface area contributed by atoms with E-state index in [1.807, 2.05) is 19.1 Å². The Morgan fingerprint density at radius 2 is 1.95 bits per heavy atom. The van der Waals surface area contributed by atoms with Crippen LogP contribution in [0.5, 0.6) is 0 Å². The Bertz CT molecular complexity index is 700. The first-order valence-electron chi connectivity index (χ1n) is 6.34. The fraction of sp³-hybridized carbons (Fsp3) is 0.125. The molecule has 2 aromatic carbocycles. The predicted octanol–water partition coefficient (Wildman–Crippen LogP) is 5.87. The highest BCUT2D eigenvalue weighted by molar-refractivity contribution is 7.19. The highest BCUT2D eigenvalue weighted by Crippen LogP contribution is 2.33. The number of hydrogen-bond acceptors (Lipinski definition) is 2. The average Bonchev–Trinajstić information content (AvgIpc) is 2.87. The van der Waals surface area contributed by atoms with Crippen molar-refractivity contribution in [3.05, 3.63) is 64.2 Å². The molecule has 20 heavy (non-hydrogen) atoms. The Morgan fingerprint density at radius 1 is 1.15 bits per heavy atom. The zero-order valence-corrected chi connectivity index (χ0v) is 12.4. The molecule has 1 aromatic heterocycles. The molecule has 1 nitrogen and oxygen atoms in total. The average molecular weight is 306 g/mol. The van der Waals surface area contributed by atoms with Crippen LogP contribution in [0.4, 0.5) is 10.1 Å². The van der Waals surface area contributed by atoms with Gasteiger partial charge in [0.25, 0.3) is 0 Å². The zero-order chi connectivity index (χ0) is 14.1. The molecule has 1 unspecified atom stereocenters. The van der Waals surface area contributed by atoms with Crippen molar-refractivity contribution in [2.24, 2.45) is 0 Å². The summed E-state index contributed by atoms with van der Waals surface area (Å²) in [7, 11) is 0. The summed E-state index contributed by atoms with van der Waals surface area (Å²) in [6, 6.07) is 15.0. The maximum atomic E-state index is 13.8. The number of benzene rings is 2. The molecule has 0 spiro atoms. The fourth-order valence-corrected chi connectivity index (χ4v) is 3.42. The van der Waals surface area contributed by atoms with Gasteiger partial charge in [0, 0.05) is 9.58 Å². The van der Waals surface area contributed by atoms with Gasteiger partial charge in [-0.15, -0.1) is 11.3 Å². The minimum atomic E-state index is -0.328. The van der Waals surface area contributed by atoms with Crippen molar-refractivity contribution in [2.45, 2.75) is 13.0 Å². The molecule has 0 saturated heterocycles. The molecule has 0 radical (unpaired) electrons. The molecule has 0 saturated carbocycles. The molecule has 4 heteroatoms. The monoisotopic (exact) mass is 305 g/mol. The minimum absolute atomic E-state index is 0.00167. The number of para-hydroxylation sites is 1. The molecule has 0 bridgehead atoms. The van der Waals surface area contributed by atoms with Gasteiger partial charge >= 0.3 is 0 Å². The van der Waals surface area contributed by atoms with E-state index in [-0.39, 0.29) is 11.9 Å². The van der Waals surface area contributed by atoms with Crippen molar-refractivity contribution >= 4 is 38.7 Å². The van der Waals surface area contributed by atoms with Gasteiger partial charge in [-0.1, -0.05) is 35.9 Å². The Kier molecular flexibility index (Phi) is 3.64. The molecular weight excluding hydrogens is 293 g/mol. The lowest BCUT2D eigenvalue weighted by atomic mass is 10.2. The van der Waals surface area contributed by atoms with Gasteiger partial charge in [-0.05, 0) is 36.6 Å². The van der Waals surface area contributed by atoms with E-state index in [1.54, 1.807) is 23.5 Å². The van der Waals surface area contributed by atoms with Crippen LogP contribution in [-0.4, -0.2) is 0 Å². The van der Waals surface area contributed by atoms with Crippen molar-refractivity contribution in [3.63, 3.8) is 0 Å². The maximum Gasteiger partial charge on any atom is 0.147 e. The van der Waals surface area contributed by atoms with Gasteiger partial charge in [0.2, 0.25) is 0 Å². The number of nitrogens with one attached hydrogen (secondary N) is 1. The lowest BCUT2D eigenvalue weighted by Crippen LogP contribution is -2.06. The van der Waals surface area contributed by atoms with Crippen LogP contribution in [0.2, 0.25) is 5.02 Å². The Labute approximate surface area is 126 Å². The van der Waals surface area contributed by atoms with Crippen molar-refractivity contribution in [1.82, 2.24) is 0 Å². The second-order valence-corrected chi connectivity index (χ2v) is 6.17. The molecule has 3 rings (SSSR count). The van der Waals surface area contributed by atoms with E-state index in [4.69, 9.17) is 11.6 Å². The number of fused-ring (bicyclic) bond motifs is 1. The van der Waals surface area contributed by atoms with Gasteiger partial charge in [-0.3, -0.25) is 0 Å². The summed E-state index contributed by atoms with van der Waals surface area (Å²) in [5.74, 6) is -0.328. The van der Waals surface area contributed by atoms with Gasteiger partial charge in [0.05, 0.1) is 16.8 Å². The van der Waals surface area contributed by atoms with Crippen LogP contribution in [0.3, 0.4) is 0 Å². The van der Waals surface area contributed by atoms with Crippen LogP contribution >= 0.6 is 22.9 Å². The van der Waals surface area contributed by atoms with Crippen LogP contribution in [0.25, 0.3) is 10.1 Å². The Balaban J connectivity index is 1.91. The van der Waals surface area contributed by atoms with Crippen LogP contribution in [0, 0.1) is 5.82 Å². The number of hydrogen-bond donors (Lipinski definition) is 1. The number of halogens is 2. The normalized spacial score (nSPS) is 12.6. The van der Waals surface area contributed by atoms with E-state index in [9.17, 15) is 4.39 Å². The van der Waals surface area contributed by atoms with E-state index >= 15 is 0 Å². The van der Waals surface area contributed by atoms with Gasteiger partial charge in [0.15, 0.2) is 0 Å². The zero-order valence-electron chi connectivity index (χ0n) is 10.9. The number of rotatable bonds is 3. The number of anilines is 1. The highest BCUT2D eigenvalue weighted by atomic mass is 35.5. The molecule has 1 heterocycles. The third kappa shape index (κ3) is 2.51. The second kappa shape index (κ2) is 5.43. The maximum absolute atomic E-state index is 13.8. The van der Waals surface area contributed by atoms with Gasteiger partial charge < -0.3 is 5.32 Å². The van der Waals surface area contributed by atoms with Crippen molar-refractivity contribution in [2.75, 3.05) is 5.32 Å². The smallest absolute Gasteiger partial charge is 0.147 e.